The molecule has 0 fully saturated rings. The monoisotopic (exact) mass is 432 g/mol. The average molecular weight is 432 g/mol. The first kappa shape index (κ1) is 21.2. The lowest BCUT2D eigenvalue weighted by molar-refractivity contribution is 0.363. The minimum atomic E-state index is -1.52. The second-order valence-electron chi connectivity index (χ2n) is 6.99. The Labute approximate surface area is 182 Å². The van der Waals surface area contributed by atoms with Crippen molar-refractivity contribution < 1.29 is 22.3 Å². The molecule has 158 valence electrons. The van der Waals surface area contributed by atoms with Crippen LogP contribution < -0.4 is 4.74 Å². The summed E-state index contributed by atoms with van der Waals surface area (Å²) in [5.41, 5.74) is 2.10. The van der Waals surface area contributed by atoms with Crippen LogP contribution in [0.4, 0.5) is 17.6 Å². The summed E-state index contributed by atoms with van der Waals surface area (Å²) in [6.45, 7) is 4.00. The zero-order chi connectivity index (χ0) is 22.7. The number of hydrogen-bond acceptors (Lipinski definition) is 1. The molecule has 0 bridgehead atoms. The molecule has 0 heterocycles. The van der Waals surface area contributed by atoms with Crippen molar-refractivity contribution in [3.05, 3.63) is 114 Å². The van der Waals surface area contributed by atoms with Crippen LogP contribution in [0.5, 0.6) is 5.75 Å². The van der Waals surface area contributed by atoms with Crippen molar-refractivity contribution in [3.63, 3.8) is 0 Å². The summed E-state index contributed by atoms with van der Waals surface area (Å²) >= 11 is 0. The third kappa shape index (κ3) is 4.35. The Balaban J connectivity index is 1.59. The van der Waals surface area contributed by atoms with Crippen LogP contribution >= 0.6 is 0 Å². The molecule has 0 amide bonds. The Hall–Kier alpha value is -4.04. The van der Waals surface area contributed by atoms with Crippen molar-refractivity contribution in [3.8, 4) is 28.7 Å². The fourth-order valence-electron chi connectivity index (χ4n) is 3.22. The first-order chi connectivity index (χ1) is 15.5. The van der Waals surface area contributed by atoms with Gasteiger partial charge in [-0.1, -0.05) is 48.8 Å². The van der Waals surface area contributed by atoms with Crippen LogP contribution in [0.1, 0.15) is 11.1 Å². The third-order valence-corrected chi connectivity index (χ3v) is 4.84. The van der Waals surface area contributed by atoms with Gasteiger partial charge in [-0.2, -0.15) is 0 Å². The van der Waals surface area contributed by atoms with Gasteiger partial charge in [-0.15, -0.1) is 0 Å². The quantitative estimate of drug-likeness (QED) is 0.146. The van der Waals surface area contributed by atoms with Gasteiger partial charge in [-0.25, -0.2) is 17.6 Å². The maximum Gasteiger partial charge on any atom is 0.195 e. The molecule has 0 aromatic heterocycles. The summed E-state index contributed by atoms with van der Waals surface area (Å²) in [4.78, 5) is 0. The first-order valence-electron chi connectivity index (χ1n) is 9.69. The lowest BCUT2D eigenvalue weighted by atomic mass is 10.0. The molecule has 5 heteroatoms. The number of fused-ring (bicyclic) bond motifs is 1. The lowest BCUT2D eigenvalue weighted by Gasteiger charge is -2.06. The summed E-state index contributed by atoms with van der Waals surface area (Å²) in [7, 11) is 0. The maximum atomic E-state index is 14.6. The van der Waals surface area contributed by atoms with Crippen molar-refractivity contribution in [2.75, 3.05) is 6.61 Å². The molecule has 0 aliphatic rings. The van der Waals surface area contributed by atoms with Gasteiger partial charge in [-0.3, -0.25) is 0 Å². The second kappa shape index (κ2) is 8.99. The predicted molar refractivity (Wildman–Crippen MR) is 117 cm³/mol. The molecular formula is C27H16F4O. The van der Waals surface area contributed by atoms with Gasteiger partial charge in [0.15, 0.2) is 17.5 Å². The Morgan fingerprint density at radius 1 is 0.750 bits per heavy atom. The molecule has 32 heavy (non-hydrogen) atoms. The highest BCUT2D eigenvalue weighted by Crippen LogP contribution is 2.25. The van der Waals surface area contributed by atoms with E-state index in [9.17, 15) is 17.6 Å². The summed E-state index contributed by atoms with van der Waals surface area (Å²) < 4.78 is 60.7. The van der Waals surface area contributed by atoms with Gasteiger partial charge in [0, 0.05) is 10.9 Å². The van der Waals surface area contributed by atoms with E-state index in [1.54, 1.807) is 30.3 Å². The molecule has 0 radical (unpaired) electrons. The van der Waals surface area contributed by atoms with Crippen LogP contribution in [-0.4, -0.2) is 6.61 Å². The average Bonchev–Trinajstić information content (AvgIpc) is 2.80. The summed E-state index contributed by atoms with van der Waals surface area (Å²) in [5, 5.41) is 0.121. The van der Waals surface area contributed by atoms with Crippen LogP contribution in [0, 0.1) is 35.1 Å². The van der Waals surface area contributed by atoms with E-state index in [4.69, 9.17) is 4.74 Å². The zero-order valence-corrected chi connectivity index (χ0v) is 16.8. The van der Waals surface area contributed by atoms with E-state index in [0.29, 0.717) is 23.5 Å². The minimum absolute atomic E-state index is 0.0501. The van der Waals surface area contributed by atoms with Crippen LogP contribution in [0.3, 0.4) is 0 Å². The normalized spacial score (nSPS) is 10.5. The Bertz CT molecular complexity index is 1380. The molecular weight excluding hydrogens is 416 g/mol. The van der Waals surface area contributed by atoms with E-state index in [-0.39, 0.29) is 16.3 Å². The van der Waals surface area contributed by atoms with Crippen molar-refractivity contribution in [2.24, 2.45) is 0 Å². The lowest BCUT2D eigenvalue weighted by Crippen LogP contribution is -1.92. The van der Waals surface area contributed by atoms with E-state index in [2.05, 4.69) is 18.4 Å². The molecule has 1 nitrogen and oxygen atoms in total. The molecule has 0 saturated heterocycles. The highest BCUT2D eigenvalue weighted by molar-refractivity contribution is 5.84. The van der Waals surface area contributed by atoms with Crippen molar-refractivity contribution in [2.45, 2.75) is 0 Å². The molecule has 0 saturated carbocycles. The molecule has 0 N–H and O–H groups in total. The molecule has 4 rings (SSSR count). The van der Waals surface area contributed by atoms with Crippen molar-refractivity contribution >= 4 is 10.8 Å². The number of rotatable bonds is 4. The number of benzene rings is 4. The largest absolute Gasteiger partial charge is 0.490 e. The van der Waals surface area contributed by atoms with Gasteiger partial charge in [0.05, 0.1) is 5.56 Å². The number of halogens is 4. The standard InChI is InChI=1S/C27H16F4O/c1-2-13-32-22-10-8-18(9-11-22)20-7-6-19(24(28)15-20)5-3-17-4-12-23-21(14-17)16-25(29)27(31)26(23)30/h2,4,6-12,14-16H,1,13H2. The highest BCUT2D eigenvalue weighted by atomic mass is 19.2. The van der Waals surface area contributed by atoms with Crippen LogP contribution in [0.25, 0.3) is 21.9 Å². The SMILES string of the molecule is C=CCOc1ccc(-c2ccc(C#Cc3ccc4c(F)c(F)c(F)cc4c3)c(F)c2)cc1. The van der Waals surface area contributed by atoms with Crippen LogP contribution in [0.15, 0.2) is 79.4 Å². The smallest absolute Gasteiger partial charge is 0.195 e. The van der Waals surface area contributed by atoms with Gasteiger partial charge >= 0.3 is 0 Å². The van der Waals surface area contributed by atoms with Crippen LogP contribution in [0.2, 0.25) is 0 Å². The number of ether oxygens (including phenoxy) is 1. The van der Waals surface area contributed by atoms with E-state index in [0.717, 1.165) is 11.6 Å². The van der Waals surface area contributed by atoms with Crippen LogP contribution in [-0.2, 0) is 0 Å². The summed E-state index contributed by atoms with van der Waals surface area (Å²) in [6.07, 6.45) is 1.65. The van der Waals surface area contributed by atoms with Gasteiger partial charge in [0.1, 0.15) is 18.2 Å². The van der Waals surface area contributed by atoms with Gasteiger partial charge in [0.25, 0.3) is 0 Å². The molecule has 0 spiro atoms. The van der Waals surface area contributed by atoms with Crippen molar-refractivity contribution in [1.82, 2.24) is 0 Å². The predicted octanol–water partition coefficient (Wildman–Crippen LogP) is 7.03. The third-order valence-electron chi connectivity index (χ3n) is 4.84. The van der Waals surface area contributed by atoms with Gasteiger partial charge in [-0.05, 0) is 59.0 Å². The van der Waals surface area contributed by atoms with E-state index >= 15 is 0 Å². The Morgan fingerprint density at radius 3 is 2.22 bits per heavy atom. The topological polar surface area (TPSA) is 9.23 Å². The maximum absolute atomic E-state index is 14.6. The molecule has 0 unspecified atom stereocenters. The van der Waals surface area contributed by atoms with E-state index in [1.165, 1.54) is 24.3 Å². The molecule has 0 aliphatic carbocycles. The van der Waals surface area contributed by atoms with E-state index in [1.807, 2.05) is 12.1 Å². The highest BCUT2D eigenvalue weighted by Gasteiger charge is 2.13. The Kier molecular flexibility index (Phi) is 5.96. The second-order valence-corrected chi connectivity index (χ2v) is 6.99. The number of hydrogen-bond donors (Lipinski definition) is 0. The molecule has 4 aromatic rings. The van der Waals surface area contributed by atoms with Gasteiger partial charge in [0.2, 0.25) is 0 Å². The summed E-state index contributed by atoms with van der Waals surface area (Å²) in [5.74, 6) is 1.66. The summed E-state index contributed by atoms with van der Waals surface area (Å²) in [6, 6.07) is 17.1. The first-order valence-corrected chi connectivity index (χ1v) is 9.69. The fraction of sp³-hybridized carbons (Fsp3) is 0.0370. The fourth-order valence-corrected chi connectivity index (χ4v) is 3.22. The Morgan fingerprint density at radius 2 is 1.50 bits per heavy atom. The molecule has 0 atom stereocenters. The molecule has 0 aliphatic heterocycles. The van der Waals surface area contributed by atoms with Gasteiger partial charge < -0.3 is 4.74 Å². The minimum Gasteiger partial charge on any atom is -0.490 e. The molecule has 4 aromatic carbocycles. The van der Waals surface area contributed by atoms with E-state index < -0.39 is 23.3 Å². The van der Waals surface area contributed by atoms with Crippen molar-refractivity contribution in [1.29, 1.82) is 0 Å². The zero-order valence-electron chi connectivity index (χ0n) is 16.8.